The maximum atomic E-state index is 12.6. The van der Waals surface area contributed by atoms with Crippen LogP contribution in [-0.4, -0.2) is 51.7 Å². The molecule has 0 unspecified atom stereocenters. The number of benzene rings is 1. The summed E-state index contributed by atoms with van der Waals surface area (Å²) in [6.07, 6.45) is 3.95. The van der Waals surface area contributed by atoms with E-state index in [0.717, 1.165) is 61.8 Å². The van der Waals surface area contributed by atoms with Crippen molar-refractivity contribution in [2.24, 2.45) is 13.0 Å². The number of carbonyl (C=O) groups is 1. The van der Waals surface area contributed by atoms with E-state index in [1.54, 1.807) is 0 Å². The molecule has 1 aromatic heterocycles. The van der Waals surface area contributed by atoms with Gasteiger partial charge in [-0.2, -0.15) is 5.10 Å². The van der Waals surface area contributed by atoms with Gasteiger partial charge < -0.3 is 4.90 Å². The van der Waals surface area contributed by atoms with Gasteiger partial charge in [-0.3, -0.25) is 14.4 Å². The predicted octanol–water partition coefficient (Wildman–Crippen LogP) is 3.82. The van der Waals surface area contributed by atoms with Crippen LogP contribution in [-0.2, 0) is 18.4 Å². The highest BCUT2D eigenvalue weighted by Gasteiger charge is 2.28. The van der Waals surface area contributed by atoms with Crippen molar-refractivity contribution in [3.05, 3.63) is 41.0 Å². The molecule has 2 heterocycles. The average Bonchev–Trinajstić information content (AvgIpc) is 3.03. The quantitative estimate of drug-likeness (QED) is 0.755. The molecule has 1 aliphatic rings. The van der Waals surface area contributed by atoms with E-state index in [0.29, 0.717) is 5.91 Å². The van der Waals surface area contributed by atoms with Crippen LogP contribution in [0.15, 0.2) is 30.5 Å². The number of hydrogen-bond donors (Lipinski definition) is 0. The van der Waals surface area contributed by atoms with Crippen molar-refractivity contribution in [3.63, 3.8) is 0 Å². The van der Waals surface area contributed by atoms with Crippen molar-refractivity contribution in [1.29, 1.82) is 0 Å². The molecule has 0 aliphatic carbocycles. The van der Waals surface area contributed by atoms with E-state index in [2.05, 4.69) is 30.0 Å². The molecule has 5 nitrogen and oxygen atoms in total. The van der Waals surface area contributed by atoms with Crippen LogP contribution < -0.4 is 0 Å². The van der Waals surface area contributed by atoms with E-state index in [9.17, 15) is 4.79 Å². The van der Waals surface area contributed by atoms with Gasteiger partial charge in [0.05, 0.1) is 5.69 Å². The molecule has 1 fully saturated rings. The number of carbonyl (C=O) groups excluding carboxylic acids is 1. The van der Waals surface area contributed by atoms with Crippen LogP contribution in [0.4, 0.5) is 0 Å². The smallest absolute Gasteiger partial charge is 0.225 e. The zero-order chi connectivity index (χ0) is 19.4. The number of halogens is 1. The van der Waals surface area contributed by atoms with Crippen molar-refractivity contribution >= 4 is 17.5 Å². The predicted molar refractivity (Wildman–Crippen MR) is 110 cm³/mol. The summed E-state index contributed by atoms with van der Waals surface area (Å²) in [5.74, 6) is 0.489. The zero-order valence-corrected chi connectivity index (χ0v) is 17.2. The number of likely N-dealkylation sites (tertiary alicyclic amines) is 1. The number of nitrogens with zero attached hydrogens (tertiary/aromatic N) is 4. The summed E-state index contributed by atoms with van der Waals surface area (Å²) in [6, 6.07) is 7.85. The van der Waals surface area contributed by atoms with Crippen LogP contribution in [0.25, 0.3) is 11.3 Å². The second-order valence-electron chi connectivity index (χ2n) is 7.25. The van der Waals surface area contributed by atoms with Crippen molar-refractivity contribution in [2.75, 3.05) is 26.2 Å². The third kappa shape index (κ3) is 4.71. The summed E-state index contributed by atoms with van der Waals surface area (Å²) in [5.41, 5.74) is 3.24. The summed E-state index contributed by atoms with van der Waals surface area (Å²) in [5, 5.41) is 5.37. The Kier molecular flexibility index (Phi) is 6.55. The first-order chi connectivity index (χ1) is 13.0. The molecule has 1 saturated heterocycles. The highest BCUT2D eigenvalue weighted by Crippen LogP contribution is 2.27. The molecule has 0 saturated carbocycles. The van der Waals surface area contributed by atoms with Crippen LogP contribution in [0, 0.1) is 5.92 Å². The van der Waals surface area contributed by atoms with E-state index in [4.69, 9.17) is 11.6 Å². The Morgan fingerprint density at radius 1 is 1.26 bits per heavy atom. The van der Waals surface area contributed by atoms with Crippen LogP contribution in [0.1, 0.15) is 32.3 Å². The fourth-order valence-corrected chi connectivity index (χ4v) is 4.09. The molecule has 0 N–H and O–H groups in total. The van der Waals surface area contributed by atoms with E-state index in [1.165, 1.54) is 5.56 Å². The van der Waals surface area contributed by atoms with Crippen molar-refractivity contribution in [3.8, 4) is 11.3 Å². The van der Waals surface area contributed by atoms with Gasteiger partial charge in [-0.25, -0.2) is 0 Å². The Morgan fingerprint density at radius 3 is 2.59 bits per heavy atom. The minimum absolute atomic E-state index is 0.169. The molecule has 27 heavy (non-hydrogen) atoms. The number of piperidine rings is 1. The molecule has 6 heteroatoms. The first kappa shape index (κ1) is 19.9. The Bertz CT molecular complexity index is 776. The van der Waals surface area contributed by atoms with E-state index in [1.807, 2.05) is 40.9 Å². The van der Waals surface area contributed by atoms with Gasteiger partial charge in [0.15, 0.2) is 0 Å². The van der Waals surface area contributed by atoms with E-state index >= 15 is 0 Å². The first-order valence-corrected chi connectivity index (χ1v) is 10.2. The van der Waals surface area contributed by atoms with Crippen molar-refractivity contribution in [2.45, 2.75) is 33.2 Å². The minimum Gasteiger partial charge on any atom is -0.343 e. The van der Waals surface area contributed by atoms with Crippen molar-refractivity contribution < 1.29 is 4.79 Å². The number of aryl methyl sites for hydroxylation is 1. The summed E-state index contributed by atoms with van der Waals surface area (Å²) in [4.78, 5) is 17.0. The summed E-state index contributed by atoms with van der Waals surface area (Å²) < 4.78 is 1.86. The molecule has 3 rings (SSSR count). The van der Waals surface area contributed by atoms with Crippen LogP contribution >= 0.6 is 11.6 Å². The maximum Gasteiger partial charge on any atom is 0.225 e. The first-order valence-electron chi connectivity index (χ1n) is 9.81. The van der Waals surface area contributed by atoms with Gasteiger partial charge in [0, 0.05) is 54.9 Å². The molecule has 2 aromatic rings. The molecule has 1 aliphatic heterocycles. The molecule has 1 amide bonds. The zero-order valence-electron chi connectivity index (χ0n) is 16.5. The SMILES string of the molecule is CCN(CC)C(=O)C1CCN(Cc2cn(C)nc2-c2cccc(Cl)c2)CC1. The monoisotopic (exact) mass is 388 g/mol. The number of amides is 1. The third-order valence-electron chi connectivity index (χ3n) is 5.41. The standard InChI is InChI=1S/C21H29ClN4O/c1-4-26(5-2)21(27)16-9-11-25(12-10-16)15-18-14-24(3)23-20(18)17-7-6-8-19(22)13-17/h6-8,13-14,16H,4-5,9-12,15H2,1-3H3. The molecule has 0 spiro atoms. The number of aromatic nitrogens is 2. The van der Waals surface area contributed by atoms with Crippen molar-refractivity contribution in [1.82, 2.24) is 19.6 Å². The van der Waals surface area contributed by atoms with Gasteiger partial charge in [0.1, 0.15) is 0 Å². The lowest BCUT2D eigenvalue weighted by Crippen LogP contribution is -2.42. The number of hydrogen-bond acceptors (Lipinski definition) is 3. The average molecular weight is 389 g/mol. The molecule has 1 aromatic carbocycles. The molecular formula is C21H29ClN4O. The second kappa shape index (κ2) is 8.89. The lowest BCUT2D eigenvalue weighted by Gasteiger charge is -2.33. The van der Waals surface area contributed by atoms with Gasteiger partial charge in [-0.1, -0.05) is 23.7 Å². The van der Waals surface area contributed by atoms with Gasteiger partial charge in [0.2, 0.25) is 5.91 Å². The van der Waals surface area contributed by atoms with Gasteiger partial charge in [0.25, 0.3) is 0 Å². The Hall–Kier alpha value is -1.85. The largest absolute Gasteiger partial charge is 0.343 e. The van der Waals surface area contributed by atoms with Gasteiger partial charge >= 0.3 is 0 Å². The van der Waals surface area contributed by atoms with Crippen LogP contribution in [0.5, 0.6) is 0 Å². The summed E-state index contributed by atoms with van der Waals surface area (Å²) in [7, 11) is 1.95. The Morgan fingerprint density at radius 2 is 1.96 bits per heavy atom. The van der Waals surface area contributed by atoms with Gasteiger partial charge in [-0.15, -0.1) is 0 Å². The molecular weight excluding hydrogens is 360 g/mol. The lowest BCUT2D eigenvalue weighted by molar-refractivity contribution is -0.136. The Labute approximate surface area is 166 Å². The lowest BCUT2D eigenvalue weighted by atomic mass is 9.94. The fourth-order valence-electron chi connectivity index (χ4n) is 3.90. The highest BCUT2D eigenvalue weighted by molar-refractivity contribution is 6.30. The second-order valence-corrected chi connectivity index (χ2v) is 7.68. The minimum atomic E-state index is 0.169. The van der Waals surface area contributed by atoms with Gasteiger partial charge in [-0.05, 0) is 51.9 Å². The Balaban J connectivity index is 1.65. The molecule has 146 valence electrons. The van der Waals surface area contributed by atoms with Crippen LogP contribution in [0.2, 0.25) is 5.02 Å². The summed E-state index contributed by atoms with van der Waals surface area (Å²) >= 11 is 6.16. The third-order valence-corrected chi connectivity index (χ3v) is 5.64. The topological polar surface area (TPSA) is 41.4 Å². The fraction of sp³-hybridized carbons (Fsp3) is 0.524. The normalized spacial score (nSPS) is 15.9. The van der Waals surface area contributed by atoms with E-state index < -0.39 is 0 Å². The highest BCUT2D eigenvalue weighted by atomic mass is 35.5. The maximum absolute atomic E-state index is 12.6. The molecule has 0 atom stereocenters. The summed E-state index contributed by atoms with van der Waals surface area (Å²) in [6.45, 7) is 8.44. The van der Waals surface area contributed by atoms with E-state index in [-0.39, 0.29) is 5.92 Å². The van der Waals surface area contributed by atoms with Crippen LogP contribution in [0.3, 0.4) is 0 Å². The number of rotatable bonds is 6. The molecule has 0 bridgehead atoms. The molecule has 0 radical (unpaired) electrons.